The molecule has 0 aromatic carbocycles. The number of nitrogens with zero attached hydrogens (tertiary/aromatic N) is 1. The topological polar surface area (TPSA) is 32.3 Å². The van der Waals surface area contributed by atoms with E-state index in [-0.39, 0.29) is 17.4 Å². The lowest BCUT2D eigenvalue weighted by atomic mass is 9.94. The summed E-state index contributed by atoms with van der Waals surface area (Å²) in [5, 5.41) is 3.28. The average molecular weight is 224 g/mol. The monoisotopic (exact) mass is 224 g/mol. The Hall–Kier alpha value is -0.830. The first kappa shape index (κ1) is 13.2. The third-order valence-corrected chi connectivity index (χ3v) is 3.22. The minimum absolute atomic E-state index is 0.124. The summed E-state index contributed by atoms with van der Waals surface area (Å²) in [6.07, 6.45) is 1.80. The van der Waals surface area contributed by atoms with E-state index in [4.69, 9.17) is 0 Å². The molecule has 92 valence electrons. The third-order valence-electron chi connectivity index (χ3n) is 3.22. The lowest BCUT2D eigenvalue weighted by molar-refractivity contribution is -0.140. The first-order chi connectivity index (χ1) is 7.38. The summed E-state index contributed by atoms with van der Waals surface area (Å²) in [5.74, 6) is 0.811. The molecule has 0 saturated carbocycles. The minimum atomic E-state index is -0.131. The van der Waals surface area contributed by atoms with Crippen LogP contribution in [0.4, 0.5) is 0 Å². The maximum absolute atomic E-state index is 12.4. The lowest BCUT2D eigenvalue weighted by Crippen LogP contribution is -2.49. The van der Waals surface area contributed by atoms with Gasteiger partial charge in [0.05, 0.1) is 5.92 Å². The molecule has 0 aliphatic carbocycles. The summed E-state index contributed by atoms with van der Waals surface area (Å²) >= 11 is 0. The van der Waals surface area contributed by atoms with Crippen molar-refractivity contribution in [1.82, 2.24) is 10.2 Å². The van der Waals surface area contributed by atoms with Crippen LogP contribution in [0, 0.1) is 11.8 Å². The van der Waals surface area contributed by atoms with Gasteiger partial charge in [-0.3, -0.25) is 4.79 Å². The van der Waals surface area contributed by atoms with Gasteiger partial charge in [-0.15, -0.1) is 6.58 Å². The Labute approximate surface area is 98.9 Å². The second-order valence-electron chi connectivity index (χ2n) is 5.65. The fourth-order valence-corrected chi connectivity index (χ4v) is 2.16. The van der Waals surface area contributed by atoms with Gasteiger partial charge < -0.3 is 10.2 Å². The van der Waals surface area contributed by atoms with E-state index in [1.807, 2.05) is 4.90 Å². The minimum Gasteiger partial charge on any atom is -0.334 e. The van der Waals surface area contributed by atoms with Crippen molar-refractivity contribution in [3.63, 3.8) is 0 Å². The molecule has 1 aliphatic rings. The number of amides is 1. The molecule has 1 aliphatic heterocycles. The predicted octanol–water partition coefficient (Wildman–Crippen LogP) is 1.65. The molecule has 0 aromatic heterocycles. The standard InChI is InChI=1S/C13H24N2O/c1-6-7-15(13(3,4)5)12(16)11-9-14-8-10(11)2/h6,10-11,14H,1,7-9H2,2-5H3. The van der Waals surface area contributed by atoms with E-state index >= 15 is 0 Å². The zero-order chi connectivity index (χ0) is 12.3. The Morgan fingerprint density at radius 2 is 2.12 bits per heavy atom. The van der Waals surface area contributed by atoms with E-state index in [0.717, 1.165) is 13.1 Å². The van der Waals surface area contributed by atoms with E-state index in [1.54, 1.807) is 6.08 Å². The van der Waals surface area contributed by atoms with E-state index in [9.17, 15) is 4.79 Å². The molecule has 1 saturated heterocycles. The largest absolute Gasteiger partial charge is 0.334 e. The fourth-order valence-electron chi connectivity index (χ4n) is 2.16. The number of hydrogen-bond acceptors (Lipinski definition) is 2. The molecule has 1 N–H and O–H groups in total. The van der Waals surface area contributed by atoms with Crippen molar-refractivity contribution >= 4 is 5.91 Å². The molecule has 2 unspecified atom stereocenters. The van der Waals surface area contributed by atoms with Gasteiger partial charge >= 0.3 is 0 Å². The highest BCUT2D eigenvalue weighted by molar-refractivity contribution is 5.80. The Kier molecular flexibility index (Phi) is 4.14. The molecule has 0 radical (unpaired) electrons. The number of carbonyl (C=O) groups excluding carboxylic acids is 1. The van der Waals surface area contributed by atoms with Crippen LogP contribution in [0.1, 0.15) is 27.7 Å². The average Bonchev–Trinajstić information content (AvgIpc) is 2.58. The molecule has 0 spiro atoms. The van der Waals surface area contributed by atoms with E-state index in [0.29, 0.717) is 12.5 Å². The number of carbonyl (C=O) groups is 1. The Bertz CT molecular complexity index is 268. The molecule has 2 atom stereocenters. The van der Waals surface area contributed by atoms with E-state index < -0.39 is 0 Å². The molecule has 0 aromatic rings. The van der Waals surface area contributed by atoms with Gasteiger partial charge in [-0.25, -0.2) is 0 Å². The molecular weight excluding hydrogens is 200 g/mol. The van der Waals surface area contributed by atoms with Crippen molar-refractivity contribution in [2.24, 2.45) is 11.8 Å². The van der Waals surface area contributed by atoms with Crippen LogP contribution < -0.4 is 5.32 Å². The first-order valence-corrected chi connectivity index (χ1v) is 6.01. The second-order valence-corrected chi connectivity index (χ2v) is 5.65. The Morgan fingerprint density at radius 1 is 1.50 bits per heavy atom. The number of nitrogens with one attached hydrogen (secondary N) is 1. The summed E-state index contributed by atoms with van der Waals surface area (Å²) in [7, 11) is 0. The Morgan fingerprint density at radius 3 is 2.50 bits per heavy atom. The first-order valence-electron chi connectivity index (χ1n) is 6.01. The second kappa shape index (κ2) is 5.00. The van der Waals surface area contributed by atoms with E-state index in [2.05, 4.69) is 39.6 Å². The van der Waals surface area contributed by atoms with Crippen molar-refractivity contribution < 1.29 is 4.79 Å². The molecule has 1 heterocycles. The maximum atomic E-state index is 12.4. The summed E-state index contributed by atoms with van der Waals surface area (Å²) in [4.78, 5) is 14.4. The summed E-state index contributed by atoms with van der Waals surface area (Å²) in [6, 6.07) is 0. The normalized spacial score (nSPS) is 25.5. The Balaban J connectivity index is 2.78. The maximum Gasteiger partial charge on any atom is 0.227 e. The molecular formula is C13H24N2O. The number of hydrogen-bond donors (Lipinski definition) is 1. The zero-order valence-corrected chi connectivity index (χ0v) is 10.9. The van der Waals surface area contributed by atoms with Crippen molar-refractivity contribution in [3.05, 3.63) is 12.7 Å². The molecule has 1 fully saturated rings. The molecule has 16 heavy (non-hydrogen) atoms. The predicted molar refractivity (Wildman–Crippen MR) is 67.2 cm³/mol. The van der Waals surface area contributed by atoms with Crippen LogP contribution in [0.25, 0.3) is 0 Å². The van der Waals surface area contributed by atoms with Gasteiger partial charge in [0.1, 0.15) is 0 Å². The van der Waals surface area contributed by atoms with E-state index in [1.165, 1.54) is 0 Å². The van der Waals surface area contributed by atoms with Crippen molar-refractivity contribution in [1.29, 1.82) is 0 Å². The highest BCUT2D eigenvalue weighted by Crippen LogP contribution is 2.23. The SMILES string of the molecule is C=CCN(C(=O)C1CNCC1C)C(C)(C)C. The van der Waals surface area contributed by atoms with Crippen LogP contribution in [0.3, 0.4) is 0 Å². The summed E-state index contributed by atoms with van der Waals surface area (Å²) in [5.41, 5.74) is -0.131. The molecule has 3 nitrogen and oxygen atoms in total. The summed E-state index contributed by atoms with van der Waals surface area (Å²) < 4.78 is 0. The van der Waals surface area contributed by atoms with Gasteiger partial charge in [-0.2, -0.15) is 0 Å². The van der Waals surface area contributed by atoms with Crippen LogP contribution in [-0.2, 0) is 4.79 Å². The van der Waals surface area contributed by atoms with Gasteiger partial charge in [0.2, 0.25) is 5.91 Å². The third kappa shape index (κ3) is 2.85. The quantitative estimate of drug-likeness (QED) is 0.739. The van der Waals surface area contributed by atoms with Gasteiger partial charge in [-0.05, 0) is 33.2 Å². The molecule has 3 heteroatoms. The summed E-state index contributed by atoms with van der Waals surface area (Å²) in [6.45, 7) is 14.5. The van der Waals surface area contributed by atoms with Crippen molar-refractivity contribution in [2.45, 2.75) is 33.2 Å². The number of rotatable bonds is 3. The van der Waals surface area contributed by atoms with Gasteiger partial charge in [0, 0.05) is 18.6 Å². The highest BCUT2D eigenvalue weighted by Gasteiger charge is 2.36. The van der Waals surface area contributed by atoms with Crippen LogP contribution in [0.15, 0.2) is 12.7 Å². The molecule has 1 amide bonds. The molecule has 1 rings (SSSR count). The van der Waals surface area contributed by atoms with Gasteiger partial charge in [0.15, 0.2) is 0 Å². The lowest BCUT2D eigenvalue weighted by Gasteiger charge is -2.37. The zero-order valence-electron chi connectivity index (χ0n) is 10.9. The van der Waals surface area contributed by atoms with Crippen molar-refractivity contribution in [3.8, 4) is 0 Å². The van der Waals surface area contributed by atoms with Crippen LogP contribution in [0.2, 0.25) is 0 Å². The molecule has 0 bridgehead atoms. The van der Waals surface area contributed by atoms with Crippen LogP contribution >= 0.6 is 0 Å². The van der Waals surface area contributed by atoms with Crippen molar-refractivity contribution in [2.75, 3.05) is 19.6 Å². The smallest absolute Gasteiger partial charge is 0.227 e. The van der Waals surface area contributed by atoms with Gasteiger partial charge in [-0.1, -0.05) is 13.0 Å². The fraction of sp³-hybridized carbons (Fsp3) is 0.769. The van der Waals surface area contributed by atoms with Gasteiger partial charge in [0.25, 0.3) is 0 Å². The van der Waals surface area contributed by atoms with Crippen LogP contribution in [-0.4, -0.2) is 36.0 Å². The van der Waals surface area contributed by atoms with Crippen LogP contribution in [0.5, 0.6) is 0 Å². The highest BCUT2D eigenvalue weighted by atomic mass is 16.2.